The minimum Gasteiger partial charge on any atom is -0.493 e. The van der Waals surface area contributed by atoms with Crippen molar-refractivity contribution in [2.45, 2.75) is 44.9 Å². The zero-order valence-corrected chi connectivity index (χ0v) is 16.7. The number of ether oxygens (including phenoxy) is 1. The fraction of sp³-hybridized carbons (Fsp3) is 0.458. The van der Waals surface area contributed by atoms with Crippen molar-refractivity contribution in [2.24, 2.45) is 0 Å². The third kappa shape index (κ3) is 4.39. The number of aryl methyl sites for hydroxylation is 1. The lowest BCUT2D eigenvalue weighted by atomic mass is 9.87. The molecule has 2 heterocycles. The number of anilines is 1. The molecule has 1 saturated heterocycles. The molecule has 28 heavy (non-hydrogen) atoms. The van der Waals surface area contributed by atoms with Gasteiger partial charge in [0.2, 0.25) is 5.91 Å². The van der Waals surface area contributed by atoms with Crippen molar-refractivity contribution in [3.05, 3.63) is 59.2 Å². The minimum atomic E-state index is 0.0961. The SMILES string of the molecule is Cc1ccccc1C1CCN(CCCOc2cccc3c2CCC(=O)N3)CC1. The van der Waals surface area contributed by atoms with E-state index in [2.05, 4.69) is 41.4 Å². The van der Waals surface area contributed by atoms with Gasteiger partial charge >= 0.3 is 0 Å². The molecule has 0 unspecified atom stereocenters. The van der Waals surface area contributed by atoms with Gasteiger partial charge in [-0.15, -0.1) is 0 Å². The van der Waals surface area contributed by atoms with E-state index in [1.54, 1.807) is 0 Å². The van der Waals surface area contributed by atoms with Crippen molar-refractivity contribution in [3.63, 3.8) is 0 Å². The van der Waals surface area contributed by atoms with E-state index in [4.69, 9.17) is 4.74 Å². The van der Waals surface area contributed by atoms with Gasteiger partial charge in [-0.3, -0.25) is 4.79 Å². The van der Waals surface area contributed by atoms with E-state index < -0.39 is 0 Å². The van der Waals surface area contributed by atoms with Crippen LogP contribution in [-0.2, 0) is 11.2 Å². The Labute approximate surface area is 167 Å². The van der Waals surface area contributed by atoms with E-state index in [1.165, 1.54) is 37.1 Å². The van der Waals surface area contributed by atoms with E-state index >= 15 is 0 Å². The van der Waals surface area contributed by atoms with E-state index in [9.17, 15) is 4.79 Å². The Morgan fingerprint density at radius 2 is 1.89 bits per heavy atom. The summed E-state index contributed by atoms with van der Waals surface area (Å²) in [5, 5.41) is 2.94. The number of nitrogens with one attached hydrogen (secondary N) is 1. The summed E-state index contributed by atoms with van der Waals surface area (Å²) in [5.74, 6) is 1.73. The number of amides is 1. The molecule has 0 aromatic heterocycles. The highest BCUT2D eigenvalue weighted by molar-refractivity contribution is 5.94. The topological polar surface area (TPSA) is 41.6 Å². The Hall–Kier alpha value is -2.33. The fourth-order valence-electron chi connectivity index (χ4n) is 4.51. The molecule has 0 atom stereocenters. The highest BCUT2D eigenvalue weighted by atomic mass is 16.5. The molecule has 1 N–H and O–H groups in total. The standard InChI is InChI=1S/C24H30N2O2/c1-18-6-2-3-7-20(18)19-12-15-26(16-13-19)14-5-17-28-23-9-4-8-22-21(23)10-11-24(27)25-22/h2-4,6-9,19H,5,10-17H2,1H3,(H,25,27). The predicted octanol–water partition coefficient (Wildman–Crippen LogP) is 4.53. The molecular weight excluding hydrogens is 348 g/mol. The Morgan fingerprint density at radius 1 is 1.07 bits per heavy atom. The molecule has 0 saturated carbocycles. The molecule has 4 rings (SSSR count). The van der Waals surface area contributed by atoms with Crippen molar-refractivity contribution in [2.75, 3.05) is 31.6 Å². The van der Waals surface area contributed by atoms with Crippen LogP contribution in [0, 0.1) is 6.92 Å². The van der Waals surface area contributed by atoms with Crippen molar-refractivity contribution in [3.8, 4) is 5.75 Å². The van der Waals surface area contributed by atoms with E-state index in [1.807, 2.05) is 18.2 Å². The second-order valence-corrected chi connectivity index (χ2v) is 8.00. The molecular formula is C24H30N2O2. The second-order valence-electron chi connectivity index (χ2n) is 8.00. The fourth-order valence-corrected chi connectivity index (χ4v) is 4.51. The van der Waals surface area contributed by atoms with Gasteiger partial charge in [0, 0.05) is 24.2 Å². The molecule has 0 aliphatic carbocycles. The van der Waals surface area contributed by atoms with Gasteiger partial charge in [0.15, 0.2) is 0 Å². The van der Waals surface area contributed by atoms with Crippen LogP contribution in [0.3, 0.4) is 0 Å². The van der Waals surface area contributed by atoms with E-state index in [0.717, 1.165) is 43.0 Å². The average molecular weight is 379 g/mol. The number of fused-ring (bicyclic) bond motifs is 1. The van der Waals surface area contributed by atoms with Crippen LogP contribution < -0.4 is 10.1 Å². The van der Waals surface area contributed by atoms with Gasteiger partial charge < -0.3 is 15.0 Å². The predicted molar refractivity (Wildman–Crippen MR) is 113 cm³/mol. The third-order valence-corrected chi connectivity index (χ3v) is 6.10. The van der Waals surface area contributed by atoms with Crippen LogP contribution in [-0.4, -0.2) is 37.0 Å². The second kappa shape index (κ2) is 8.78. The first kappa shape index (κ1) is 19.0. The Morgan fingerprint density at radius 3 is 2.71 bits per heavy atom. The third-order valence-electron chi connectivity index (χ3n) is 6.10. The zero-order chi connectivity index (χ0) is 19.3. The molecule has 2 aliphatic heterocycles. The summed E-state index contributed by atoms with van der Waals surface area (Å²) < 4.78 is 6.06. The Kier molecular flexibility index (Phi) is 5.96. The van der Waals surface area contributed by atoms with Gasteiger partial charge in [-0.2, -0.15) is 0 Å². The van der Waals surface area contributed by atoms with Gasteiger partial charge in [0.05, 0.1) is 6.61 Å². The van der Waals surface area contributed by atoms with Gasteiger partial charge in [-0.25, -0.2) is 0 Å². The lowest BCUT2D eigenvalue weighted by Crippen LogP contribution is -2.34. The Balaban J connectivity index is 1.22. The van der Waals surface area contributed by atoms with Crippen LogP contribution in [0.5, 0.6) is 5.75 Å². The molecule has 2 aromatic carbocycles. The smallest absolute Gasteiger partial charge is 0.224 e. The van der Waals surface area contributed by atoms with Gasteiger partial charge in [0.1, 0.15) is 5.75 Å². The molecule has 1 amide bonds. The number of carbonyl (C=O) groups is 1. The lowest BCUT2D eigenvalue weighted by molar-refractivity contribution is -0.116. The molecule has 1 fully saturated rings. The number of hydrogen-bond acceptors (Lipinski definition) is 3. The van der Waals surface area contributed by atoms with Crippen LogP contribution in [0.2, 0.25) is 0 Å². The molecule has 0 spiro atoms. The maximum absolute atomic E-state index is 11.5. The van der Waals surface area contributed by atoms with Crippen LogP contribution in [0.25, 0.3) is 0 Å². The maximum atomic E-state index is 11.5. The lowest BCUT2D eigenvalue weighted by Gasteiger charge is -2.32. The quantitative estimate of drug-likeness (QED) is 0.751. The number of rotatable bonds is 6. The summed E-state index contributed by atoms with van der Waals surface area (Å²) in [6.07, 6.45) is 4.84. The van der Waals surface area contributed by atoms with Crippen molar-refractivity contribution in [1.29, 1.82) is 0 Å². The molecule has 0 bridgehead atoms. The number of hydrogen-bond donors (Lipinski definition) is 1. The van der Waals surface area contributed by atoms with Crippen molar-refractivity contribution < 1.29 is 9.53 Å². The van der Waals surface area contributed by atoms with E-state index in [0.29, 0.717) is 12.3 Å². The summed E-state index contributed by atoms with van der Waals surface area (Å²) in [6.45, 7) is 6.39. The number of piperidine rings is 1. The minimum absolute atomic E-state index is 0.0961. The van der Waals surface area contributed by atoms with Crippen molar-refractivity contribution in [1.82, 2.24) is 4.90 Å². The first-order valence-corrected chi connectivity index (χ1v) is 10.5. The monoisotopic (exact) mass is 378 g/mol. The van der Waals surface area contributed by atoms with E-state index in [-0.39, 0.29) is 5.91 Å². The summed E-state index contributed by atoms with van der Waals surface area (Å²) in [4.78, 5) is 14.1. The van der Waals surface area contributed by atoms with Gasteiger partial charge in [0.25, 0.3) is 0 Å². The summed E-state index contributed by atoms with van der Waals surface area (Å²) in [7, 11) is 0. The number of benzene rings is 2. The van der Waals surface area contributed by atoms with Crippen LogP contribution in [0.4, 0.5) is 5.69 Å². The molecule has 2 aromatic rings. The first-order valence-electron chi connectivity index (χ1n) is 10.5. The highest BCUT2D eigenvalue weighted by Gasteiger charge is 2.21. The molecule has 4 nitrogen and oxygen atoms in total. The zero-order valence-electron chi connectivity index (χ0n) is 16.7. The average Bonchev–Trinajstić information content (AvgIpc) is 2.72. The number of nitrogens with zero attached hydrogens (tertiary/aromatic N) is 1. The van der Waals surface area contributed by atoms with Crippen LogP contribution in [0.1, 0.15) is 48.3 Å². The van der Waals surface area contributed by atoms with Crippen molar-refractivity contribution >= 4 is 11.6 Å². The molecule has 0 radical (unpaired) electrons. The molecule has 148 valence electrons. The molecule has 4 heteroatoms. The van der Waals surface area contributed by atoms with Crippen LogP contribution >= 0.6 is 0 Å². The normalized spacial score (nSPS) is 17.8. The highest BCUT2D eigenvalue weighted by Crippen LogP contribution is 2.32. The summed E-state index contributed by atoms with van der Waals surface area (Å²) >= 11 is 0. The maximum Gasteiger partial charge on any atom is 0.224 e. The molecule has 2 aliphatic rings. The summed E-state index contributed by atoms with van der Waals surface area (Å²) in [5.41, 5.74) is 5.01. The largest absolute Gasteiger partial charge is 0.493 e. The summed E-state index contributed by atoms with van der Waals surface area (Å²) in [6, 6.07) is 14.8. The first-order chi connectivity index (χ1) is 13.7. The van der Waals surface area contributed by atoms with Gasteiger partial charge in [-0.05, 0) is 74.9 Å². The number of carbonyl (C=O) groups excluding carboxylic acids is 1. The Bertz CT molecular complexity index is 825. The number of likely N-dealkylation sites (tertiary alicyclic amines) is 1. The van der Waals surface area contributed by atoms with Gasteiger partial charge in [-0.1, -0.05) is 30.3 Å². The van der Waals surface area contributed by atoms with Crippen LogP contribution in [0.15, 0.2) is 42.5 Å².